The number of nitrogens with zero attached hydrogens (tertiary/aromatic N) is 1. The van der Waals surface area contributed by atoms with Crippen LogP contribution < -0.4 is 4.74 Å². The number of rotatable bonds is 6. The van der Waals surface area contributed by atoms with E-state index < -0.39 is 0 Å². The number of carbonyl (C=O) groups is 2. The highest BCUT2D eigenvalue weighted by Crippen LogP contribution is 2.23. The first-order chi connectivity index (χ1) is 10.6. The second-order valence-electron chi connectivity index (χ2n) is 5.11. The molecule has 1 aromatic carbocycles. The highest BCUT2D eigenvalue weighted by Gasteiger charge is 2.30. The quantitative estimate of drug-likeness (QED) is 0.809. The van der Waals surface area contributed by atoms with Crippen LogP contribution in [0, 0.1) is 0 Å². The number of ether oxygens (including phenoxy) is 2. The van der Waals surface area contributed by atoms with Crippen molar-refractivity contribution < 1.29 is 19.1 Å². The molecule has 0 saturated carbocycles. The summed E-state index contributed by atoms with van der Waals surface area (Å²) >= 11 is 0. The van der Waals surface area contributed by atoms with E-state index in [9.17, 15) is 9.59 Å². The fourth-order valence-electron chi connectivity index (χ4n) is 2.53. The molecule has 0 bridgehead atoms. The fourth-order valence-corrected chi connectivity index (χ4v) is 2.53. The van der Waals surface area contributed by atoms with Gasteiger partial charge in [-0.25, -0.2) is 0 Å². The lowest BCUT2D eigenvalue weighted by Gasteiger charge is -2.29. The van der Waals surface area contributed by atoms with Crippen molar-refractivity contribution >= 4 is 11.7 Å². The van der Waals surface area contributed by atoms with Crippen molar-refractivity contribution in [2.45, 2.75) is 26.3 Å². The van der Waals surface area contributed by atoms with Crippen LogP contribution in [0.25, 0.3) is 0 Å². The van der Waals surface area contributed by atoms with Crippen molar-refractivity contribution in [2.75, 3.05) is 20.8 Å². The zero-order valence-corrected chi connectivity index (χ0v) is 13.2. The Kier molecular flexibility index (Phi) is 5.20. The zero-order valence-electron chi connectivity index (χ0n) is 13.2. The van der Waals surface area contributed by atoms with E-state index in [2.05, 4.69) is 0 Å². The highest BCUT2D eigenvalue weighted by molar-refractivity contribution is 6.05. The minimum absolute atomic E-state index is 0.0192. The van der Waals surface area contributed by atoms with Gasteiger partial charge in [0.25, 0.3) is 5.91 Å². The Balaban J connectivity index is 2.15. The first-order valence-corrected chi connectivity index (χ1v) is 7.33. The number of carbonyl (C=O) groups excluding carboxylic acids is 2. The summed E-state index contributed by atoms with van der Waals surface area (Å²) < 4.78 is 10.3. The molecule has 1 amide bonds. The molecule has 1 aromatic rings. The van der Waals surface area contributed by atoms with Crippen LogP contribution in [-0.4, -0.2) is 37.4 Å². The standard InChI is InChI=1S/C17H21NO4/c1-4-15(19)14-9-10-18(17(20)16(14)22-3)11-12-5-7-13(21-2)8-6-12/h5-8H,4,9-11H2,1-3H3. The molecule has 0 aromatic heterocycles. The predicted molar refractivity (Wildman–Crippen MR) is 82.4 cm³/mol. The van der Waals surface area contributed by atoms with E-state index in [0.29, 0.717) is 31.5 Å². The van der Waals surface area contributed by atoms with Crippen molar-refractivity contribution in [3.63, 3.8) is 0 Å². The lowest BCUT2D eigenvalue weighted by molar-refractivity contribution is -0.133. The molecule has 0 radical (unpaired) electrons. The molecule has 0 atom stereocenters. The van der Waals surface area contributed by atoms with Crippen molar-refractivity contribution in [3.8, 4) is 5.75 Å². The Morgan fingerprint density at radius 3 is 2.41 bits per heavy atom. The van der Waals surface area contributed by atoms with Gasteiger partial charge in [0, 0.05) is 25.1 Å². The summed E-state index contributed by atoms with van der Waals surface area (Å²) in [5.74, 6) is 0.726. The second-order valence-corrected chi connectivity index (χ2v) is 5.11. The molecule has 0 fully saturated rings. The molecule has 118 valence electrons. The molecule has 2 rings (SSSR count). The maximum absolute atomic E-state index is 12.5. The molecule has 5 heteroatoms. The third-order valence-electron chi connectivity index (χ3n) is 3.78. The Labute approximate surface area is 130 Å². The molecule has 1 aliphatic rings. The van der Waals surface area contributed by atoms with Gasteiger partial charge in [0.05, 0.1) is 14.2 Å². The smallest absolute Gasteiger partial charge is 0.289 e. The molecule has 0 aliphatic carbocycles. The van der Waals surface area contributed by atoms with Crippen LogP contribution in [0.2, 0.25) is 0 Å². The van der Waals surface area contributed by atoms with E-state index >= 15 is 0 Å². The van der Waals surface area contributed by atoms with Crippen molar-refractivity contribution in [2.24, 2.45) is 0 Å². The van der Waals surface area contributed by atoms with E-state index in [4.69, 9.17) is 9.47 Å². The van der Waals surface area contributed by atoms with Gasteiger partial charge in [-0.2, -0.15) is 0 Å². The van der Waals surface area contributed by atoms with Crippen LogP contribution in [0.3, 0.4) is 0 Å². The van der Waals surface area contributed by atoms with Crippen LogP contribution in [0.1, 0.15) is 25.3 Å². The van der Waals surface area contributed by atoms with Gasteiger partial charge in [-0.15, -0.1) is 0 Å². The van der Waals surface area contributed by atoms with Gasteiger partial charge in [0.1, 0.15) is 5.75 Å². The van der Waals surface area contributed by atoms with Gasteiger partial charge in [-0.05, 0) is 24.1 Å². The molecule has 5 nitrogen and oxygen atoms in total. The number of amides is 1. The number of hydrogen-bond acceptors (Lipinski definition) is 4. The summed E-state index contributed by atoms with van der Waals surface area (Å²) in [7, 11) is 3.05. The number of Topliss-reactive ketones (excluding diaryl/α,β-unsaturated/α-hetero) is 1. The van der Waals surface area contributed by atoms with E-state index in [0.717, 1.165) is 11.3 Å². The van der Waals surface area contributed by atoms with Gasteiger partial charge in [-0.1, -0.05) is 19.1 Å². The molecule has 1 aliphatic heterocycles. The molecule has 1 heterocycles. The van der Waals surface area contributed by atoms with E-state index in [1.165, 1.54) is 7.11 Å². The van der Waals surface area contributed by atoms with Crippen LogP contribution >= 0.6 is 0 Å². The number of benzene rings is 1. The van der Waals surface area contributed by atoms with Gasteiger partial charge in [0.15, 0.2) is 11.5 Å². The zero-order chi connectivity index (χ0) is 16.1. The minimum Gasteiger partial charge on any atom is -0.497 e. The van der Waals surface area contributed by atoms with Gasteiger partial charge >= 0.3 is 0 Å². The molecule has 0 spiro atoms. The normalized spacial score (nSPS) is 15.0. The van der Waals surface area contributed by atoms with Crippen LogP contribution in [0.5, 0.6) is 5.75 Å². The molecule has 22 heavy (non-hydrogen) atoms. The van der Waals surface area contributed by atoms with Gasteiger partial charge in [-0.3, -0.25) is 9.59 Å². The minimum atomic E-state index is -0.221. The average molecular weight is 303 g/mol. The van der Waals surface area contributed by atoms with Gasteiger partial charge < -0.3 is 14.4 Å². The molecular formula is C17H21NO4. The summed E-state index contributed by atoms with van der Waals surface area (Å²) in [5.41, 5.74) is 1.52. The van der Waals surface area contributed by atoms with E-state index in [1.807, 2.05) is 24.3 Å². The number of ketones is 1. The lowest BCUT2D eigenvalue weighted by atomic mass is 9.99. The summed E-state index contributed by atoms with van der Waals surface area (Å²) in [4.78, 5) is 26.1. The third kappa shape index (κ3) is 3.30. The largest absolute Gasteiger partial charge is 0.497 e. The Morgan fingerprint density at radius 1 is 1.18 bits per heavy atom. The Morgan fingerprint density at radius 2 is 1.86 bits per heavy atom. The summed E-state index contributed by atoms with van der Waals surface area (Å²) in [6.07, 6.45) is 0.922. The van der Waals surface area contributed by atoms with Crippen LogP contribution in [0.15, 0.2) is 35.6 Å². The number of hydrogen-bond donors (Lipinski definition) is 0. The number of methoxy groups -OCH3 is 2. The Bertz CT molecular complexity index is 589. The molecule has 0 unspecified atom stereocenters. The van der Waals surface area contributed by atoms with Crippen LogP contribution in [0.4, 0.5) is 0 Å². The Hall–Kier alpha value is -2.30. The highest BCUT2D eigenvalue weighted by atomic mass is 16.5. The molecule has 0 saturated heterocycles. The lowest BCUT2D eigenvalue weighted by Crippen LogP contribution is -2.38. The summed E-state index contributed by atoms with van der Waals surface area (Å²) in [5, 5.41) is 0. The predicted octanol–water partition coefficient (Wildman–Crippen LogP) is 2.31. The van der Waals surface area contributed by atoms with Crippen LogP contribution in [-0.2, 0) is 20.9 Å². The summed E-state index contributed by atoms with van der Waals surface area (Å²) in [6, 6.07) is 7.58. The molecular weight excluding hydrogens is 282 g/mol. The van der Waals surface area contributed by atoms with E-state index in [1.54, 1.807) is 18.9 Å². The maximum atomic E-state index is 12.5. The SMILES string of the molecule is CCC(=O)C1=C(OC)C(=O)N(Cc2ccc(OC)cc2)CC1. The second kappa shape index (κ2) is 7.11. The molecule has 0 N–H and O–H groups in total. The topological polar surface area (TPSA) is 55.8 Å². The monoisotopic (exact) mass is 303 g/mol. The maximum Gasteiger partial charge on any atom is 0.289 e. The first kappa shape index (κ1) is 16.1. The third-order valence-corrected chi connectivity index (χ3v) is 3.78. The van der Waals surface area contributed by atoms with Crippen molar-refractivity contribution in [3.05, 3.63) is 41.2 Å². The fraction of sp³-hybridized carbons (Fsp3) is 0.412. The summed E-state index contributed by atoms with van der Waals surface area (Å²) in [6.45, 7) is 2.80. The van der Waals surface area contributed by atoms with Crippen molar-refractivity contribution in [1.82, 2.24) is 4.90 Å². The van der Waals surface area contributed by atoms with E-state index in [-0.39, 0.29) is 17.4 Å². The van der Waals surface area contributed by atoms with Crippen molar-refractivity contribution in [1.29, 1.82) is 0 Å². The first-order valence-electron chi connectivity index (χ1n) is 7.33. The van der Waals surface area contributed by atoms with Gasteiger partial charge in [0.2, 0.25) is 0 Å². The average Bonchev–Trinajstić information content (AvgIpc) is 2.56.